The fraction of sp³-hybridized carbons (Fsp3) is 0.227. The van der Waals surface area contributed by atoms with Crippen molar-refractivity contribution in [2.24, 2.45) is 0 Å². The number of carbonyl (C=O) groups is 2. The number of nitrogens with one attached hydrogen (secondary N) is 1. The lowest BCUT2D eigenvalue weighted by molar-refractivity contribution is -0.145. The lowest BCUT2D eigenvalue weighted by Gasteiger charge is -2.14. The molecule has 29 heavy (non-hydrogen) atoms. The normalized spacial score (nSPS) is 11.9. The summed E-state index contributed by atoms with van der Waals surface area (Å²) in [6.45, 7) is 3.54. The van der Waals surface area contributed by atoms with Crippen LogP contribution in [0, 0.1) is 11.3 Å². The Labute approximate surface area is 178 Å². The summed E-state index contributed by atoms with van der Waals surface area (Å²) < 4.78 is 11.1. The highest BCUT2D eigenvalue weighted by molar-refractivity contribution is 9.10. The fourth-order valence-corrected chi connectivity index (χ4v) is 2.89. The van der Waals surface area contributed by atoms with E-state index in [-0.39, 0.29) is 24.8 Å². The monoisotopic (exact) mass is 456 g/mol. The van der Waals surface area contributed by atoms with Gasteiger partial charge >= 0.3 is 5.97 Å². The van der Waals surface area contributed by atoms with Gasteiger partial charge in [0.25, 0.3) is 5.91 Å². The number of esters is 1. The van der Waals surface area contributed by atoms with Crippen molar-refractivity contribution in [3.63, 3.8) is 0 Å². The maximum absolute atomic E-state index is 12.6. The standard InChI is InChI=1S/C22H21BrN2O4/c1-3-28-21(26)14-29-20-10-9-19(23)12-17(20)11-18(13-24)22(27)25-15(2)16-7-5-4-6-8-16/h4-12,15H,3,14H2,1-2H3,(H,25,27)/b18-11-/t15-/m0/s1. The van der Waals surface area contributed by atoms with Gasteiger partial charge in [0.05, 0.1) is 12.6 Å². The van der Waals surface area contributed by atoms with Gasteiger partial charge in [0.1, 0.15) is 17.4 Å². The zero-order valence-corrected chi connectivity index (χ0v) is 17.7. The van der Waals surface area contributed by atoms with E-state index in [0.29, 0.717) is 11.3 Å². The predicted molar refractivity (Wildman–Crippen MR) is 113 cm³/mol. The van der Waals surface area contributed by atoms with Crippen LogP contribution >= 0.6 is 15.9 Å². The van der Waals surface area contributed by atoms with Crippen molar-refractivity contribution in [2.75, 3.05) is 13.2 Å². The Kier molecular flexibility index (Phi) is 8.44. The Morgan fingerprint density at radius 2 is 1.97 bits per heavy atom. The van der Waals surface area contributed by atoms with Crippen molar-refractivity contribution in [1.82, 2.24) is 5.32 Å². The first kappa shape index (κ1) is 22.2. The third-order valence-electron chi connectivity index (χ3n) is 3.93. The van der Waals surface area contributed by atoms with E-state index in [4.69, 9.17) is 9.47 Å². The summed E-state index contributed by atoms with van der Waals surface area (Å²) in [5.74, 6) is -0.640. The van der Waals surface area contributed by atoms with E-state index in [2.05, 4.69) is 21.2 Å². The third-order valence-corrected chi connectivity index (χ3v) is 4.43. The molecule has 0 bridgehead atoms. The first-order valence-corrected chi connectivity index (χ1v) is 9.79. The molecule has 0 aromatic heterocycles. The molecule has 0 fully saturated rings. The van der Waals surface area contributed by atoms with E-state index in [9.17, 15) is 14.9 Å². The maximum atomic E-state index is 12.6. The number of nitriles is 1. The minimum Gasteiger partial charge on any atom is -0.481 e. The van der Waals surface area contributed by atoms with Crippen LogP contribution in [-0.4, -0.2) is 25.1 Å². The molecule has 0 saturated heterocycles. The minimum atomic E-state index is -0.500. The summed E-state index contributed by atoms with van der Waals surface area (Å²) in [5, 5.41) is 12.3. The van der Waals surface area contributed by atoms with Crippen LogP contribution in [0.5, 0.6) is 5.75 Å². The second-order valence-electron chi connectivity index (χ2n) is 6.05. The van der Waals surface area contributed by atoms with Crippen LogP contribution in [0.15, 0.2) is 58.6 Å². The fourth-order valence-electron chi connectivity index (χ4n) is 2.51. The molecule has 0 unspecified atom stereocenters. The van der Waals surface area contributed by atoms with E-state index < -0.39 is 11.9 Å². The van der Waals surface area contributed by atoms with E-state index >= 15 is 0 Å². The van der Waals surface area contributed by atoms with Crippen molar-refractivity contribution < 1.29 is 19.1 Å². The van der Waals surface area contributed by atoms with Gasteiger partial charge in [0.2, 0.25) is 0 Å². The van der Waals surface area contributed by atoms with Crippen LogP contribution in [-0.2, 0) is 14.3 Å². The van der Waals surface area contributed by atoms with Gasteiger partial charge in [0, 0.05) is 10.0 Å². The molecule has 0 spiro atoms. The van der Waals surface area contributed by atoms with Gasteiger partial charge in [-0.05, 0) is 43.7 Å². The minimum absolute atomic E-state index is 0.0770. The molecular weight excluding hydrogens is 436 g/mol. The number of nitrogens with zero attached hydrogens (tertiary/aromatic N) is 1. The molecule has 1 N–H and O–H groups in total. The number of hydrogen-bond donors (Lipinski definition) is 1. The third kappa shape index (κ3) is 6.77. The molecule has 0 aliphatic rings. The topological polar surface area (TPSA) is 88.4 Å². The Bertz CT molecular complexity index is 936. The zero-order chi connectivity index (χ0) is 21.2. The quantitative estimate of drug-likeness (QED) is 0.365. The van der Waals surface area contributed by atoms with Crippen LogP contribution in [0.1, 0.15) is 31.0 Å². The summed E-state index contributed by atoms with van der Waals surface area (Å²) in [6, 6.07) is 16.2. The molecule has 1 amide bonds. The van der Waals surface area contributed by atoms with Gasteiger partial charge in [-0.1, -0.05) is 46.3 Å². The zero-order valence-electron chi connectivity index (χ0n) is 16.1. The van der Waals surface area contributed by atoms with Crippen LogP contribution in [0.25, 0.3) is 6.08 Å². The molecule has 2 aromatic rings. The number of amides is 1. The molecular formula is C22H21BrN2O4. The summed E-state index contributed by atoms with van der Waals surface area (Å²) in [6.07, 6.45) is 1.43. The summed E-state index contributed by atoms with van der Waals surface area (Å²) in [7, 11) is 0. The summed E-state index contributed by atoms with van der Waals surface area (Å²) in [4.78, 5) is 24.1. The lowest BCUT2D eigenvalue weighted by Crippen LogP contribution is -2.27. The molecule has 2 aromatic carbocycles. The lowest BCUT2D eigenvalue weighted by atomic mass is 10.1. The van der Waals surface area contributed by atoms with Crippen LogP contribution in [0.2, 0.25) is 0 Å². The second-order valence-corrected chi connectivity index (χ2v) is 6.97. The largest absolute Gasteiger partial charge is 0.481 e. The molecule has 150 valence electrons. The highest BCUT2D eigenvalue weighted by atomic mass is 79.9. The van der Waals surface area contributed by atoms with Crippen LogP contribution in [0.4, 0.5) is 0 Å². The van der Waals surface area contributed by atoms with Crippen molar-refractivity contribution >= 4 is 33.9 Å². The number of ether oxygens (including phenoxy) is 2. The van der Waals surface area contributed by atoms with Crippen molar-refractivity contribution in [1.29, 1.82) is 5.26 Å². The number of benzene rings is 2. The highest BCUT2D eigenvalue weighted by Crippen LogP contribution is 2.26. The molecule has 2 rings (SSSR count). The van der Waals surface area contributed by atoms with Gasteiger partial charge < -0.3 is 14.8 Å². The molecule has 1 atom stereocenters. The van der Waals surface area contributed by atoms with Crippen molar-refractivity contribution in [3.05, 3.63) is 69.7 Å². The van der Waals surface area contributed by atoms with Gasteiger partial charge in [0.15, 0.2) is 6.61 Å². The van der Waals surface area contributed by atoms with Gasteiger partial charge in [-0.3, -0.25) is 4.79 Å². The number of hydrogen-bond acceptors (Lipinski definition) is 5. The van der Waals surface area contributed by atoms with Gasteiger partial charge in [-0.15, -0.1) is 0 Å². The molecule has 7 heteroatoms. The van der Waals surface area contributed by atoms with E-state index in [1.807, 2.05) is 43.3 Å². The van der Waals surface area contributed by atoms with E-state index in [0.717, 1.165) is 10.0 Å². The Morgan fingerprint density at radius 3 is 2.62 bits per heavy atom. The first-order valence-electron chi connectivity index (χ1n) is 9.00. The highest BCUT2D eigenvalue weighted by Gasteiger charge is 2.15. The molecule has 0 radical (unpaired) electrons. The van der Waals surface area contributed by atoms with Crippen molar-refractivity contribution in [2.45, 2.75) is 19.9 Å². The Balaban J connectivity index is 2.20. The molecule has 0 aliphatic heterocycles. The average molecular weight is 457 g/mol. The number of carbonyl (C=O) groups excluding carboxylic acids is 2. The summed E-state index contributed by atoms with van der Waals surface area (Å²) >= 11 is 3.36. The van der Waals surface area contributed by atoms with Crippen LogP contribution in [0.3, 0.4) is 0 Å². The SMILES string of the molecule is CCOC(=O)COc1ccc(Br)cc1/C=C(/C#N)C(=O)N[C@@H](C)c1ccccc1. The number of rotatable bonds is 8. The molecule has 0 saturated carbocycles. The predicted octanol–water partition coefficient (Wildman–Crippen LogP) is 4.18. The molecule has 0 aliphatic carbocycles. The average Bonchev–Trinajstić information content (AvgIpc) is 2.72. The Hall–Kier alpha value is -3.11. The smallest absolute Gasteiger partial charge is 0.344 e. The van der Waals surface area contributed by atoms with E-state index in [1.165, 1.54) is 6.08 Å². The number of halogens is 1. The molecule has 0 heterocycles. The second kappa shape index (κ2) is 11.0. The molecule has 6 nitrogen and oxygen atoms in total. The maximum Gasteiger partial charge on any atom is 0.344 e. The first-order chi connectivity index (χ1) is 13.9. The Morgan fingerprint density at radius 1 is 1.24 bits per heavy atom. The van der Waals surface area contributed by atoms with Crippen LogP contribution < -0.4 is 10.1 Å². The van der Waals surface area contributed by atoms with Gasteiger partial charge in [-0.2, -0.15) is 5.26 Å². The van der Waals surface area contributed by atoms with Gasteiger partial charge in [-0.25, -0.2) is 4.79 Å². The van der Waals surface area contributed by atoms with E-state index in [1.54, 1.807) is 25.1 Å². The van der Waals surface area contributed by atoms with Crippen molar-refractivity contribution in [3.8, 4) is 11.8 Å². The summed E-state index contributed by atoms with van der Waals surface area (Å²) in [5.41, 5.74) is 1.34.